The van der Waals surface area contributed by atoms with Crippen LogP contribution in [0.5, 0.6) is 0 Å². The van der Waals surface area contributed by atoms with Crippen molar-refractivity contribution < 1.29 is 4.39 Å². The van der Waals surface area contributed by atoms with Crippen molar-refractivity contribution in [3.8, 4) is 0 Å². The Kier molecular flexibility index (Phi) is 4.46. The number of halogens is 1. The maximum Gasteiger partial charge on any atom is 0.123 e. The van der Waals surface area contributed by atoms with Crippen LogP contribution in [0.25, 0.3) is 0 Å². The summed E-state index contributed by atoms with van der Waals surface area (Å²) in [5.41, 5.74) is 8.26. The summed E-state index contributed by atoms with van der Waals surface area (Å²) in [7, 11) is 0. The number of nitrogens with two attached hydrogens (primary N) is 1. The molecule has 1 aliphatic rings. The summed E-state index contributed by atoms with van der Waals surface area (Å²) >= 11 is 0. The zero-order valence-electron chi connectivity index (χ0n) is 12.2. The number of hydrogen-bond acceptors (Lipinski definition) is 2. The predicted molar refractivity (Wildman–Crippen MR) is 78.9 cm³/mol. The molecule has 0 aromatic heterocycles. The Bertz CT molecular complexity index is 423. The molecule has 1 fully saturated rings. The predicted octanol–water partition coefficient (Wildman–Crippen LogP) is 3.20. The van der Waals surface area contributed by atoms with Crippen LogP contribution in [0.3, 0.4) is 0 Å². The number of rotatable bonds is 4. The fraction of sp³-hybridized carbons (Fsp3) is 0.625. The van der Waals surface area contributed by atoms with E-state index < -0.39 is 0 Å². The maximum atomic E-state index is 13.5. The molecule has 1 saturated heterocycles. The van der Waals surface area contributed by atoms with Crippen LogP contribution in [-0.2, 0) is 6.42 Å². The number of anilines is 1. The first-order chi connectivity index (χ1) is 9.01. The molecule has 1 aromatic rings. The van der Waals surface area contributed by atoms with Crippen molar-refractivity contribution in [3.05, 3.63) is 29.6 Å². The summed E-state index contributed by atoms with van der Waals surface area (Å²) in [6, 6.07) is 5.23. The highest BCUT2D eigenvalue weighted by Crippen LogP contribution is 2.31. The molecule has 3 atom stereocenters. The van der Waals surface area contributed by atoms with Crippen LogP contribution in [0.1, 0.15) is 32.8 Å². The molecular formula is C16H25FN2. The molecule has 1 heterocycles. The lowest BCUT2D eigenvalue weighted by Gasteiger charge is -2.23. The van der Waals surface area contributed by atoms with E-state index in [0.717, 1.165) is 31.5 Å². The normalized spacial score (nSPS) is 24.8. The number of benzene rings is 1. The third-order valence-corrected chi connectivity index (χ3v) is 4.38. The third-order valence-electron chi connectivity index (χ3n) is 4.38. The van der Waals surface area contributed by atoms with Crippen molar-refractivity contribution in [3.63, 3.8) is 0 Å². The summed E-state index contributed by atoms with van der Waals surface area (Å²) in [5, 5.41) is 0. The lowest BCUT2D eigenvalue weighted by atomic mass is 10.0. The smallest absolute Gasteiger partial charge is 0.123 e. The zero-order chi connectivity index (χ0) is 14.0. The average Bonchev–Trinajstić information content (AvgIpc) is 2.69. The summed E-state index contributed by atoms with van der Waals surface area (Å²) in [6.45, 7) is 8.75. The first-order valence-corrected chi connectivity index (χ1v) is 7.30. The average molecular weight is 264 g/mol. The molecule has 0 radical (unpaired) electrons. The Morgan fingerprint density at radius 2 is 1.95 bits per heavy atom. The lowest BCUT2D eigenvalue weighted by Crippen LogP contribution is -2.25. The lowest BCUT2D eigenvalue weighted by molar-refractivity contribution is 0.494. The molecule has 0 saturated carbocycles. The highest BCUT2D eigenvalue weighted by Gasteiger charge is 2.27. The van der Waals surface area contributed by atoms with Crippen molar-refractivity contribution in [1.82, 2.24) is 0 Å². The maximum absolute atomic E-state index is 13.5. The minimum absolute atomic E-state index is 0.109. The zero-order valence-corrected chi connectivity index (χ0v) is 12.2. The summed E-state index contributed by atoms with van der Waals surface area (Å²) < 4.78 is 13.5. The molecule has 1 aliphatic heterocycles. The molecule has 19 heavy (non-hydrogen) atoms. The van der Waals surface area contributed by atoms with Crippen LogP contribution in [0.2, 0.25) is 0 Å². The van der Waals surface area contributed by atoms with Gasteiger partial charge in [-0.2, -0.15) is 0 Å². The van der Waals surface area contributed by atoms with Gasteiger partial charge in [-0.05, 0) is 48.4 Å². The van der Waals surface area contributed by atoms with Gasteiger partial charge in [-0.1, -0.05) is 20.8 Å². The Balaban J connectivity index is 2.24. The van der Waals surface area contributed by atoms with Crippen molar-refractivity contribution in [1.29, 1.82) is 0 Å². The molecule has 2 nitrogen and oxygen atoms in total. The van der Waals surface area contributed by atoms with Gasteiger partial charge in [0.05, 0.1) is 0 Å². The van der Waals surface area contributed by atoms with Crippen LogP contribution in [0, 0.1) is 17.7 Å². The first-order valence-electron chi connectivity index (χ1n) is 7.30. The number of hydrogen-bond donors (Lipinski definition) is 1. The fourth-order valence-electron chi connectivity index (χ4n) is 2.78. The minimum Gasteiger partial charge on any atom is -0.371 e. The Labute approximate surface area is 115 Å². The molecule has 3 unspecified atom stereocenters. The van der Waals surface area contributed by atoms with Crippen molar-refractivity contribution in [2.45, 2.75) is 39.7 Å². The van der Waals surface area contributed by atoms with Gasteiger partial charge in [0, 0.05) is 24.8 Å². The largest absolute Gasteiger partial charge is 0.371 e. The quantitative estimate of drug-likeness (QED) is 0.905. The molecule has 0 amide bonds. The second-order valence-electron chi connectivity index (χ2n) is 6.01. The minimum atomic E-state index is -0.164. The molecule has 3 heteroatoms. The van der Waals surface area contributed by atoms with E-state index >= 15 is 0 Å². The van der Waals surface area contributed by atoms with Crippen molar-refractivity contribution >= 4 is 5.69 Å². The van der Waals surface area contributed by atoms with Gasteiger partial charge in [0.1, 0.15) is 5.82 Å². The van der Waals surface area contributed by atoms with Crippen LogP contribution in [0.15, 0.2) is 18.2 Å². The molecule has 2 rings (SSSR count). The van der Waals surface area contributed by atoms with E-state index in [1.165, 1.54) is 5.69 Å². The summed E-state index contributed by atoms with van der Waals surface area (Å²) in [5.74, 6) is 1.22. The van der Waals surface area contributed by atoms with Crippen LogP contribution in [0.4, 0.5) is 10.1 Å². The van der Waals surface area contributed by atoms with Crippen LogP contribution < -0.4 is 10.6 Å². The monoisotopic (exact) mass is 264 g/mol. The summed E-state index contributed by atoms with van der Waals surface area (Å²) in [6.07, 6.45) is 1.67. The van der Waals surface area contributed by atoms with Crippen LogP contribution >= 0.6 is 0 Å². The molecule has 2 N–H and O–H groups in total. The van der Waals surface area contributed by atoms with E-state index in [1.807, 2.05) is 6.07 Å². The Morgan fingerprint density at radius 1 is 1.32 bits per heavy atom. The molecule has 0 spiro atoms. The second-order valence-corrected chi connectivity index (χ2v) is 6.01. The van der Waals surface area contributed by atoms with E-state index in [9.17, 15) is 4.39 Å². The SMILES string of the molecule is CCC(N)Cc1cc(F)ccc1N1CC(C)C(C)C1. The van der Waals surface area contributed by atoms with E-state index in [0.29, 0.717) is 11.8 Å². The van der Waals surface area contributed by atoms with Gasteiger partial charge in [-0.25, -0.2) is 4.39 Å². The highest BCUT2D eigenvalue weighted by molar-refractivity contribution is 5.55. The Hall–Kier alpha value is -1.09. The van der Waals surface area contributed by atoms with E-state index in [1.54, 1.807) is 12.1 Å². The van der Waals surface area contributed by atoms with E-state index in [-0.39, 0.29) is 11.9 Å². The van der Waals surface area contributed by atoms with Gasteiger partial charge in [-0.3, -0.25) is 0 Å². The van der Waals surface area contributed by atoms with Gasteiger partial charge in [0.2, 0.25) is 0 Å². The van der Waals surface area contributed by atoms with E-state index in [4.69, 9.17) is 5.73 Å². The standard InChI is InChI=1S/C16H25FN2/c1-4-15(18)8-13-7-14(17)5-6-16(13)19-9-11(2)12(3)10-19/h5-7,11-12,15H,4,8-10,18H2,1-3H3. The Morgan fingerprint density at radius 3 is 2.53 bits per heavy atom. The van der Waals surface area contributed by atoms with Gasteiger partial charge in [0.15, 0.2) is 0 Å². The third kappa shape index (κ3) is 3.27. The van der Waals surface area contributed by atoms with Gasteiger partial charge in [-0.15, -0.1) is 0 Å². The van der Waals surface area contributed by atoms with Gasteiger partial charge < -0.3 is 10.6 Å². The van der Waals surface area contributed by atoms with E-state index in [2.05, 4.69) is 25.7 Å². The van der Waals surface area contributed by atoms with Crippen molar-refractivity contribution in [2.24, 2.45) is 17.6 Å². The van der Waals surface area contributed by atoms with Crippen molar-refractivity contribution in [2.75, 3.05) is 18.0 Å². The molecule has 0 bridgehead atoms. The van der Waals surface area contributed by atoms with Gasteiger partial charge in [0.25, 0.3) is 0 Å². The van der Waals surface area contributed by atoms with Crippen LogP contribution in [-0.4, -0.2) is 19.1 Å². The molecule has 0 aliphatic carbocycles. The summed E-state index contributed by atoms with van der Waals surface area (Å²) in [4.78, 5) is 2.38. The topological polar surface area (TPSA) is 29.3 Å². The highest BCUT2D eigenvalue weighted by atomic mass is 19.1. The molecular weight excluding hydrogens is 239 g/mol. The van der Waals surface area contributed by atoms with Gasteiger partial charge >= 0.3 is 0 Å². The fourth-order valence-corrected chi connectivity index (χ4v) is 2.78. The molecule has 1 aromatic carbocycles. The first kappa shape index (κ1) is 14.3. The second kappa shape index (κ2) is 5.91. The number of nitrogens with zero attached hydrogens (tertiary/aromatic N) is 1. The molecule has 106 valence electrons.